The lowest BCUT2D eigenvalue weighted by Gasteiger charge is -2.39. The minimum Gasteiger partial charge on any atom is -0.496 e. The van der Waals surface area contributed by atoms with Gasteiger partial charge in [-0.2, -0.15) is 0 Å². The Morgan fingerprint density at radius 1 is 1.04 bits per heavy atom. The molecule has 14 heteroatoms. The number of carboxylic acid groups (broad SMARTS) is 1. The Morgan fingerprint density at radius 3 is 2.47 bits per heavy atom. The number of carboxylic acids is 1. The lowest BCUT2D eigenvalue weighted by Crippen LogP contribution is -2.57. The second kappa shape index (κ2) is 17.1. The predicted molar refractivity (Wildman–Crippen MR) is 184 cm³/mol. The van der Waals surface area contributed by atoms with Crippen LogP contribution in [0.25, 0.3) is 11.1 Å². The van der Waals surface area contributed by atoms with Crippen LogP contribution in [-0.4, -0.2) is 106 Å². The molecule has 1 fully saturated rings. The van der Waals surface area contributed by atoms with Gasteiger partial charge < -0.3 is 34.9 Å². The van der Waals surface area contributed by atoms with Gasteiger partial charge in [0.2, 0.25) is 10.0 Å². The van der Waals surface area contributed by atoms with Crippen LogP contribution in [0.15, 0.2) is 66.7 Å². The van der Waals surface area contributed by atoms with Gasteiger partial charge in [0, 0.05) is 51.8 Å². The molecular weight excluding hydrogens is 652 g/mol. The fourth-order valence-corrected chi connectivity index (χ4v) is 6.33. The molecule has 3 aromatic carbocycles. The summed E-state index contributed by atoms with van der Waals surface area (Å²) in [6.07, 6.45) is 0.817. The van der Waals surface area contributed by atoms with Gasteiger partial charge >= 0.3 is 0 Å². The third kappa shape index (κ3) is 10.9. The molecule has 6 bridgehead atoms. The van der Waals surface area contributed by atoms with Crippen molar-refractivity contribution in [2.75, 3.05) is 53.2 Å². The summed E-state index contributed by atoms with van der Waals surface area (Å²) in [4.78, 5) is 37.4. The Balaban J connectivity index is 0.00000128. The zero-order valence-corrected chi connectivity index (χ0v) is 29.0. The highest BCUT2D eigenvalue weighted by atomic mass is 32.2. The largest absolute Gasteiger partial charge is 0.496 e. The number of nitrogens with zero attached hydrogens (tertiary/aromatic N) is 2. The first kappa shape index (κ1) is 37.2. The molecule has 6 rings (SSSR count). The van der Waals surface area contributed by atoms with E-state index in [0.29, 0.717) is 67.4 Å². The number of amides is 2. The van der Waals surface area contributed by atoms with Crippen LogP contribution in [0.2, 0.25) is 0 Å². The molecule has 0 aromatic heterocycles. The smallest absolute Gasteiger partial charge is 0.300 e. The summed E-state index contributed by atoms with van der Waals surface area (Å²) in [5.74, 6) is 0.469. The number of hydrogen-bond acceptors (Lipinski definition) is 9. The summed E-state index contributed by atoms with van der Waals surface area (Å²) in [6.45, 7) is 3.07. The highest BCUT2D eigenvalue weighted by molar-refractivity contribution is 7.89. The number of carbonyl (C=O) groups excluding carboxylic acids is 2. The zero-order valence-electron chi connectivity index (χ0n) is 28.2. The van der Waals surface area contributed by atoms with Crippen molar-refractivity contribution in [2.24, 2.45) is 0 Å². The Labute approximate surface area is 287 Å². The second-order valence-electron chi connectivity index (χ2n) is 11.9. The predicted octanol–water partition coefficient (Wildman–Crippen LogP) is 2.99. The molecule has 0 aliphatic carbocycles. The third-order valence-corrected chi connectivity index (χ3v) is 9.98. The quantitative estimate of drug-likeness (QED) is 0.349. The topological polar surface area (TPSA) is 164 Å². The average molecular weight is 697 g/mol. The van der Waals surface area contributed by atoms with Crippen molar-refractivity contribution in [3.8, 4) is 28.4 Å². The second-order valence-corrected chi connectivity index (χ2v) is 14.3. The third-order valence-electron chi connectivity index (χ3n) is 8.06. The van der Waals surface area contributed by atoms with Crippen LogP contribution in [-0.2, 0) is 26.2 Å². The molecular formula is C35H44N4O9S. The molecule has 49 heavy (non-hydrogen) atoms. The van der Waals surface area contributed by atoms with Crippen LogP contribution in [0.1, 0.15) is 35.7 Å². The van der Waals surface area contributed by atoms with Crippen LogP contribution in [0.3, 0.4) is 0 Å². The number of sulfonamides is 1. The lowest BCUT2D eigenvalue weighted by atomic mass is 9.99. The van der Waals surface area contributed by atoms with E-state index in [2.05, 4.69) is 15.5 Å². The summed E-state index contributed by atoms with van der Waals surface area (Å²) in [5.41, 5.74) is 2.83. The number of benzene rings is 3. The molecule has 0 radical (unpaired) electrons. The van der Waals surface area contributed by atoms with Gasteiger partial charge in [-0.3, -0.25) is 14.4 Å². The van der Waals surface area contributed by atoms with Gasteiger partial charge in [0.1, 0.15) is 23.4 Å². The van der Waals surface area contributed by atoms with E-state index in [0.717, 1.165) is 18.1 Å². The van der Waals surface area contributed by atoms with Crippen LogP contribution in [0.5, 0.6) is 17.2 Å². The molecule has 3 aliphatic rings. The van der Waals surface area contributed by atoms with E-state index in [1.165, 1.54) is 18.4 Å². The van der Waals surface area contributed by atoms with Gasteiger partial charge in [-0.15, -0.1) is 0 Å². The molecule has 2 atom stereocenters. The van der Waals surface area contributed by atoms with Crippen LogP contribution in [0.4, 0.5) is 0 Å². The van der Waals surface area contributed by atoms with Gasteiger partial charge in [0.15, 0.2) is 6.61 Å². The van der Waals surface area contributed by atoms with E-state index >= 15 is 0 Å². The molecule has 3 aliphatic heterocycles. The van der Waals surface area contributed by atoms with Crippen molar-refractivity contribution in [1.29, 1.82) is 0 Å². The number of aliphatic carboxylic acids is 1. The van der Waals surface area contributed by atoms with E-state index in [9.17, 15) is 18.0 Å². The molecule has 3 N–H and O–H groups in total. The Morgan fingerprint density at radius 2 is 1.78 bits per heavy atom. The molecule has 3 heterocycles. The number of hydrogen-bond donors (Lipinski definition) is 3. The lowest BCUT2D eigenvalue weighted by molar-refractivity contribution is -0.134. The summed E-state index contributed by atoms with van der Waals surface area (Å²) >= 11 is 0. The number of rotatable bonds is 6. The average Bonchev–Trinajstić information content (AvgIpc) is 3.07. The normalized spacial score (nSPS) is 18.4. The standard InChI is InChI=1S/C33H40N4O7S.C2H4O2/c1-36(2)45(40,41)17-5-15-37-16-14-31-29(21-37)35-33(39)25-10-13-30(42-3)28(19-25)24-6-4-7-27(18-24)43-22-32(38)34-20-23-8-11-26(44-31)12-9-23;1-2(3)4/h4,6-13,18-19,29,31H,5,14-17,20-22H2,1-3H3,(H,34,38)(H,35,39);1H3,(H,3,4)/t29-,31-;/m1./s1. The first-order valence-electron chi connectivity index (χ1n) is 15.9. The monoisotopic (exact) mass is 696 g/mol. The first-order valence-corrected chi connectivity index (χ1v) is 17.5. The molecule has 0 spiro atoms. The van der Waals surface area contributed by atoms with Gasteiger partial charge in [0.25, 0.3) is 17.8 Å². The van der Waals surface area contributed by atoms with E-state index in [1.54, 1.807) is 31.4 Å². The van der Waals surface area contributed by atoms with Crippen molar-refractivity contribution in [3.05, 3.63) is 77.9 Å². The summed E-state index contributed by atoms with van der Waals surface area (Å²) in [7, 11) is 1.35. The number of fused-ring (bicyclic) bond motifs is 7. The molecule has 0 saturated carbocycles. The Kier molecular flexibility index (Phi) is 13.0. The fourth-order valence-electron chi connectivity index (χ4n) is 5.48. The maximum atomic E-state index is 13.7. The van der Waals surface area contributed by atoms with E-state index < -0.39 is 16.0 Å². The summed E-state index contributed by atoms with van der Waals surface area (Å²) in [5, 5.41) is 13.5. The van der Waals surface area contributed by atoms with Gasteiger partial charge in [-0.05, 0) is 73.0 Å². The van der Waals surface area contributed by atoms with E-state index in [-0.39, 0.29) is 36.3 Å². The SMILES string of the molecule is CC(=O)O.COc1ccc2cc1-c1cccc(c1)OCC(=O)NCc1ccc(cc1)O[C@@H]1CCN(CCCS(=O)(=O)N(C)C)C[C@H]1NC2=O. The zero-order chi connectivity index (χ0) is 35.6. The summed E-state index contributed by atoms with van der Waals surface area (Å²) in [6, 6.07) is 19.7. The maximum Gasteiger partial charge on any atom is 0.300 e. The van der Waals surface area contributed by atoms with Crippen molar-refractivity contribution in [2.45, 2.75) is 38.5 Å². The van der Waals surface area contributed by atoms with Gasteiger partial charge in [-0.25, -0.2) is 12.7 Å². The van der Waals surface area contributed by atoms with Crippen molar-refractivity contribution >= 4 is 27.8 Å². The number of likely N-dealkylation sites (tertiary alicyclic amines) is 1. The number of methoxy groups -OCH3 is 1. The summed E-state index contributed by atoms with van der Waals surface area (Å²) < 4.78 is 43.6. The fraction of sp³-hybridized carbons (Fsp3) is 0.400. The van der Waals surface area contributed by atoms with Crippen molar-refractivity contribution < 1.29 is 42.1 Å². The number of carbonyl (C=O) groups is 3. The van der Waals surface area contributed by atoms with Crippen LogP contribution in [0, 0.1) is 0 Å². The van der Waals surface area contributed by atoms with Gasteiger partial charge in [0.05, 0.1) is 18.9 Å². The molecule has 3 aromatic rings. The molecule has 264 valence electrons. The minimum absolute atomic E-state index is 0.0567. The Bertz CT molecular complexity index is 1710. The Hall–Kier alpha value is -4.66. The van der Waals surface area contributed by atoms with E-state index in [1.807, 2.05) is 42.5 Å². The van der Waals surface area contributed by atoms with Crippen LogP contribution >= 0.6 is 0 Å². The van der Waals surface area contributed by atoms with Crippen molar-refractivity contribution in [1.82, 2.24) is 19.8 Å². The molecule has 2 amide bonds. The van der Waals surface area contributed by atoms with Crippen LogP contribution < -0.4 is 24.8 Å². The molecule has 13 nitrogen and oxygen atoms in total. The highest BCUT2D eigenvalue weighted by Crippen LogP contribution is 2.33. The minimum atomic E-state index is -3.29. The number of piperidine rings is 1. The van der Waals surface area contributed by atoms with E-state index in [4.69, 9.17) is 24.1 Å². The first-order chi connectivity index (χ1) is 23.3. The molecule has 1 saturated heterocycles. The molecule has 0 unspecified atom stereocenters. The highest BCUT2D eigenvalue weighted by Gasteiger charge is 2.33. The van der Waals surface area contributed by atoms with Gasteiger partial charge in [-0.1, -0.05) is 24.3 Å². The number of nitrogens with one attached hydrogen (secondary N) is 2. The van der Waals surface area contributed by atoms with Crippen molar-refractivity contribution in [3.63, 3.8) is 0 Å². The maximum absolute atomic E-state index is 13.7. The number of ether oxygens (including phenoxy) is 3.